The van der Waals surface area contributed by atoms with Gasteiger partial charge in [0.15, 0.2) is 0 Å². The van der Waals surface area contributed by atoms with Gasteiger partial charge in [-0.15, -0.1) is 0 Å². The monoisotopic (exact) mass is 284 g/mol. The first-order chi connectivity index (χ1) is 10.2. The fraction of sp³-hybridized carbons (Fsp3) is 0.235. The van der Waals surface area contributed by atoms with E-state index in [1.54, 1.807) is 0 Å². The lowest BCUT2D eigenvalue weighted by Gasteiger charge is -2.19. The van der Waals surface area contributed by atoms with Gasteiger partial charge in [-0.1, -0.05) is 60.7 Å². The minimum absolute atomic E-state index is 0.159. The van der Waals surface area contributed by atoms with E-state index in [1.165, 1.54) is 0 Å². The Bertz CT molecular complexity index is 558. The Morgan fingerprint density at radius 2 is 1.62 bits per heavy atom. The number of rotatable bonds is 6. The summed E-state index contributed by atoms with van der Waals surface area (Å²) in [4.78, 5) is 12.1. The van der Waals surface area contributed by atoms with E-state index in [2.05, 4.69) is 5.32 Å². The van der Waals surface area contributed by atoms with Crippen molar-refractivity contribution in [2.24, 2.45) is 5.73 Å². The molecule has 1 unspecified atom stereocenters. The molecule has 0 aliphatic carbocycles. The number of carbonyl (C=O) groups is 1. The van der Waals surface area contributed by atoms with Gasteiger partial charge >= 0.3 is 0 Å². The second-order valence-electron chi connectivity index (χ2n) is 4.95. The van der Waals surface area contributed by atoms with Crippen LogP contribution in [-0.2, 0) is 11.2 Å². The van der Waals surface area contributed by atoms with Gasteiger partial charge in [0.1, 0.15) is 0 Å². The molecule has 4 heteroatoms. The van der Waals surface area contributed by atoms with Gasteiger partial charge < -0.3 is 16.2 Å². The van der Waals surface area contributed by atoms with E-state index in [0.717, 1.165) is 11.1 Å². The Morgan fingerprint density at radius 3 is 2.19 bits per heavy atom. The van der Waals surface area contributed by atoms with Crippen LogP contribution in [0.15, 0.2) is 60.7 Å². The topological polar surface area (TPSA) is 75.4 Å². The molecule has 0 aliphatic heterocycles. The molecule has 4 N–H and O–H groups in total. The zero-order valence-electron chi connectivity index (χ0n) is 11.8. The molecule has 0 heterocycles. The van der Waals surface area contributed by atoms with E-state index in [-0.39, 0.29) is 12.5 Å². The van der Waals surface area contributed by atoms with Crippen LogP contribution in [0.4, 0.5) is 0 Å². The Balaban J connectivity index is 1.96. The second-order valence-corrected chi connectivity index (χ2v) is 4.95. The molecule has 110 valence electrons. The molecule has 0 spiro atoms. The lowest BCUT2D eigenvalue weighted by atomic mass is 10.0. The first-order valence-corrected chi connectivity index (χ1v) is 6.96. The van der Waals surface area contributed by atoms with Crippen LogP contribution in [-0.4, -0.2) is 23.7 Å². The predicted octanol–water partition coefficient (Wildman–Crippen LogP) is 1.41. The predicted molar refractivity (Wildman–Crippen MR) is 82.5 cm³/mol. The largest absolute Gasteiger partial charge is 0.394 e. The number of nitrogens with one attached hydrogen (secondary N) is 1. The maximum Gasteiger partial charge on any atom is 0.237 e. The Labute approximate surface area is 124 Å². The molecule has 1 amide bonds. The Morgan fingerprint density at radius 1 is 1.05 bits per heavy atom. The van der Waals surface area contributed by atoms with Crippen LogP contribution in [0.25, 0.3) is 0 Å². The van der Waals surface area contributed by atoms with E-state index < -0.39 is 12.1 Å². The van der Waals surface area contributed by atoms with Gasteiger partial charge in [-0.05, 0) is 17.5 Å². The first kappa shape index (κ1) is 15.2. The normalized spacial score (nSPS) is 13.4. The van der Waals surface area contributed by atoms with Crippen molar-refractivity contribution in [3.05, 3.63) is 71.8 Å². The van der Waals surface area contributed by atoms with Crippen molar-refractivity contribution in [1.29, 1.82) is 0 Å². The van der Waals surface area contributed by atoms with Crippen LogP contribution in [0.3, 0.4) is 0 Å². The summed E-state index contributed by atoms with van der Waals surface area (Å²) in [6.45, 7) is -0.159. The number of benzene rings is 2. The summed E-state index contributed by atoms with van der Waals surface area (Å²) in [5, 5.41) is 12.2. The van der Waals surface area contributed by atoms with Gasteiger partial charge in [-0.25, -0.2) is 0 Å². The summed E-state index contributed by atoms with van der Waals surface area (Å²) in [5.41, 5.74) is 7.81. The minimum Gasteiger partial charge on any atom is -0.394 e. The molecule has 4 nitrogen and oxygen atoms in total. The van der Waals surface area contributed by atoms with Crippen molar-refractivity contribution >= 4 is 5.91 Å². The SMILES string of the molecule is NC(Cc1ccccc1)C(=O)N[C@@H](CO)c1ccccc1. The molecular formula is C17H20N2O2. The molecule has 0 fully saturated rings. The minimum atomic E-state index is -0.634. The molecule has 2 aromatic rings. The third kappa shape index (κ3) is 4.41. The number of nitrogens with two attached hydrogens (primary N) is 1. The number of carbonyl (C=O) groups excluding carboxylic acids is 1. The van der Waals surface area contributed by atoms with Gasteiger partial charge in [0.2, 0.25) is 5.91 Å². The van der Waals surface area contributed by atoms with Crippen molar-refractivity contribution in [3.63, 3.8) is 0 Å². The summed E-state index contributed by atoms with van der Waals surface area (Å²) in [7, 11) is 0. The highest BCUT2D eigenvalue weighted by atomic mass is 16.3. The van der Waals surface area contributed by atoms with Crippen LogP contribution < -0.4 is 11.1 Å². The fourth-order valence-corrected chi connectivity index (χ4v) is 2.16. The van der Waals surface area contributed by atoms with E-state index in [4.69, 9.17) is 5.73 Å². The second kappa shape index (κ2) is 7.57. The molecule has 0 bridgehead atoms. The zero-order chi connectivity index (χ0) is 15.1. The van der Waals surface area contributed by atoms with Crippen molar-refractivity contribution in [2.75, 3.05) is 6.61 Å². The molecule has 0 radical (unpaired) electrons. The fourth-order valence-electron chi connectivity index (χ4n) is 2.16. The molecule has 2 aromatic carbocycles. The Hall–Kier alpha value is -2.17. The van der Waals surface area contributed by atoms with Crippen molar-refractivity contribution in [2.45, 2.75) is 18.5 Å². The highest BCUT2D eigenvalue weighted by molar-refractivity contribution is 5.82. The average Bonchev–Trinajstić information content (AvgIpc) is 2.54. The summed E-state index contributed by atoms with van der Waals surface area (Å²) >= 11 is 0. The number of aliphatic hydroxyl groups excluding tert-OH is 1. The summed E-state index contributed by atoms with van der Waals surface area (Å²) in [5.74, 6) is -0.262. The lowest BCUT2D eigenvalue weighted by Crippen LogP contribution is -2.44. The molecule has 21 heavy (non-hydrogen) atoms. The van der Waals surface area contributed by atoms with E-state index >= 15 is 0 Å². The summed E-state index contributed by atoms with van der Waals surface area (Å²) in [6, 6.07) is 17.9. The molecule has 0 aromatic heterocycles. The smallest absolute Gasteiger partial charge is 0.237 e. The number of hydrogen-bond acceptors (Lipinski definition) is 3. The van der Waals surface area contributed by atoms with E-state index in [1.807, 2.05) is 60.7 Å². The first-order valence-electron chi connectivity index (χ1n) is 6.96. The quantitative estimate of drug-likeness (QED) is 0.750. The molecule has 2 atom stereocenters. The summed E-state index contributed by atoms with van der Waals surface area (Å²) < 4.78 is 0. The molecular weight excluding hydrogens is 264 g/mol. The molecule has 0 saturated carbocycles. The molecule has 2 rings (SSSR count). The molecule has 0 saturated heterocycles. The van der Waals surface area contributed by atoms with Crippen LogP contribution in [0, 0.1) is 0 Å². The maximum absolute atomic E-state index is 12.1. The Kier molecular flexibility index (Phi) is 5.49. The van der Waals surface area contributed by atoms with Crippen molar-refractivity contribution in [3.8, 4) is 0 Å². The van der Waals surface area contributed by atoms with Gasteiger partial charge in [-0.3, -0.25) is 4.79 Å². The van der Waals surface area contributed by atoms with Crippen LogP contribution in [0.2, 0.25) is 0 Å². The standard InChI is InChI=1S/C17H20N2O2/c18-15(11-13-7-3-1-4-8-13)17(21)19-16(12-20)14-9-5-2-6-10-14/h1-10,15-16,20H,11-12,18H2,(H,19,21)/t15?,16-/m0/s1. The van der Waals surface area contributed by atoms with Crippen LogP contribution in [0.1, 0.15) is 17.2 Å². The average molecular weight is 284 g/mol. The van der Waals surface area contributed by atoms with Gasteiger partial charge in [0.25, 0.3) is 0 Å². The van der Waals surface area contributed by atoms with Crippen LogP contribution >= 0.6 is 0 Å². The van der Waals surface area contributed by atoms with Gasteiger partial charge in [-0.2, -0.15) is 0 Å². The van der Waals surface area contributed by atoms with Crippen molar-refractivity contribution in [1.82, 2.24) is 5.32 Å². The van der Waals surface area contributed by atoms with Crippen LogP contribution in [0.5, 0.6) is 0 Å². The van der Waals surface area contributed by atoms with E-state index in [0.29, 0.717) is 6.42 Å². The van der Waals surface area contributed by atoms with Gasteiger partial charge in [0, 0.05) is 0 Å². The number of aliphatic hydroxyl groups is 1. The highest BCUT2D eigenvalue weighted by Gasteiger charge is 2.19. The number of hydrogen-bond donors (Lipinski definition) is 3. The van der Waals surface area contributed by atoms with Crippen molar-refractivity contribution < 1.29 is 9.90 Å². The third-order valence-corrected chi connectivity index (χ3v) is 3.34. The maximum atomic E-state index is 12.1. The lowest BCUT2D eigenvalue weighted by molar-refractivity contribution is -0.123. The molecule has 0 aliphatic rings. The zero-order valence-corrected chi connectivity index (χ0v) is 11.8. The van der Waals surface area contributed by atoms with Gasteiger partial charge in [0.05, 0.1) is 18.7 Å². The van der Waals surface area contributed by atoms with E-state index in [9.17, 15) is 9.90 Å². The third-order valence-electron chi connectivity index (χ3n) is 3.34. The number of amides is 1. The summed E-state index contributed by atoms with van der Waals surface area (Å²) in [6.07, 6.45) is 0.472. The highest BCUT2D eigenvalue weighted by Crippen LogP contribution is 2.12.